The van der Waals surface area contributed by atoms with Crippen molar-refractivity contribution >= 4 is 40.0 Å². The molecule has 1 heterocycles. The molecule has 4 amide bonds. The molecule has 0 spiro atoms. The summed E-state index contributed by atoms with van der Waals surface area (Å²) in [4.78, 5) is 38.8. The minimum atomic E-state index is -0.499. The van der Waals surface area contributed by atoms with Gasteiger partial charge in [0, 0.05) is 23.0 Å². The summed E-state index contributed by atoms with van der Waals surface area (Å²) in [6.07, 6.45) is 0. The van der Waals surface area contributed by atoms with Crippen LogP contribution in [0.1, 0.15) is 34.6 Å². The second-order valence-corrected chi connectivity index (χ2v) is 7.63. The van der Waals surface area contributed by atoms with E-state index in [9.17, 15) is 19.5 Å². The van der Waals surface area contributed by atoms with Gasteiger partial charge >= 0.3 is 6.03 Å². The Morgan fingerprint density at radius 1 is 0.933 bits per heavy atom. The first-order valence-corrected chi connectivity index (χ1v) is 9.64. The zero-order valence-corrected chi connectivity index (χ0v) is 16.6. The molecule has 0 aliphatic carbocycles. The molecule has 0 unspecified atom stereocenters. The van der Waals surface area contributed by atoms with Crippen LogP contribution in [0.4, 0.5) is 16.2 Å². The highest BCUT2D eigenvalue weighted by Crippen LogP contribution is 2.30. The lowest BCUT2D eigenvalue weighted by atomic mass is 10.1. The Hall–Kier alpha value is -3.87. The van der Waals surface area contributed by atoms with Crippen LogP contribution in [-0.4, -0.2) is 34.4 Å². The number of anilines is 2. The van der Waals surface area contributed by atoms with Crippen molar-refractivity contribution in [1.29, 1.82) is 0 Å². The Kier molecular flexibility index (Phi) is 4.87. The maximum absolute atomic E-state index is 12.6. The monoisotopic (exact) mass is 403 g/mol. The van der Waals surface area contributed by atoms with Crippen LogP contribution in [0.3, 0.4) is 0 Å². The standard InChI is InChI=1S/C23H21N3O4/c1-13(2)12-26-21(28)17-10-9-14(11-18(17)22(26)29)24-23(30)25-19-7-3-6-16-15(19)5-4-8-20(16)27/h3-11,13,27H,12H2,1-2H3,(H2,24,25,30). The fourth-order valence-electron chi connectivity index (χ4n) is 3.59. The van der Waals surface area contributed by atoms with E-state index in [1.807, 2.05) is 13.8 Å². The summed E-state index contributed by atoms with van der Waals surface area (Å²) in [5.41, 5.74) is 1.57. The average Bonchev–Trinajstić information content (AvgIpc) is 2.93. The number of hydrogen-bond acceptors (Lipinski definition) is 4. The van der Waals surface area contributed by atoms with Gasteiger partial charge in [-0.15, -0.1) is 0 Å². The number of amides is 4. The normalized spacial score (nSPS) is 13.1. The van der Waals surface area contributed by atoms with Crippen LogP contribution in [0.25, 0.3) is 10.8 Å². The highest BCUT2D eigenvalue weighted by Gasteiger charge is 2.35. The number of aromatic hydroxyl groups is 1. The first-order chi connectivity index (χ1) is 14.3. The highest BCUT2D eigenvalue weighted by molar-refractivity contribution is 6.22. The van der Waals surface area contributed by atoms with Gasteiger partial charge in [0.05, 0.1) is 16.8 Å². The van der Waals surface area contributed by atoms with Gasteiger partial charge in [-0.2, -0.15) is 0 Å². The number of nitrogens with one attached hydrogen (secondary N) is 2. The van der Waals surface area contributed by atoms with E-state index in [1.54, 1.807) is 48.5 Å². The van der Waals surface area contributed by atoms with E-state index in [1.165, 1.54) is 11.0 Å². The molecule has 0 bridgehead atoms. The van der Waals surface area contributed by atoms with Gasteiger partial charge in [-0.1, -0.05) is 38.1 Å². The number of fused-ring (bicyclic) bond motifs is 2. The van der Waals surface area contributed by atoms with E-state index >= 15 is 0 Å². The largest absolute Gasteiger partial charge is 0.507 e. The van der Waals surface area contributed by atoms with Crippen LogP contribution < -0.4 is 10.6 Å². The van der Waals surface area contributed by atoms with E-state index in [-0.39, 0.29) is 29.0 Å². The number of carbonyl (C=O) groups is 3. The number of phenols is 1. The van der Waals surface area contributed by atoms with Crippen molar-refractivity contribution in [3.05, 3.63) is 65.7 Å². The fourth-order valence-corrected chi connectivity index (χ4v) is 3.59. The summed E-state index contributed by atoms with van der Waals surface area (Å²) in [5, 5.41) is 16.8. The van der Waals surface area contributed by atoms with E-state index in [4.69, 9.17) is 0 Å². The number of urea groups is 1. The number of hydrogen-bond donors (Lipinski definition) is 3. The van der Waals surface area contributed by atoms with E-state index in [0.717, 1.165) is 0 Å². The minimum Gasteiger partial charge on any atom is -0.507 e. The molecule has 3 N–H and O–H groups in total. The van der Waals surface area contributed by atoms with Gasteiger partial charge in [0.2, 0.25) is 0 Å². The number of nitrogens with zero attached hydrogens (tertiary/aromatic N) is 1. The van der Waals surface area contributed by atoms with Gasteiger partial charge in [-0.3, -0.25) is 14.5 Å². The third-order valence-electron chi connectivity index (χ3n) is 4.92. The van der Waals surface area contributed by atoms with Gasteiger partial charge in [0.25, 0.3) is 11.8 Å². The first kappa shape index (κ1) is 19.4. The Bertz CT molecular complexity index is 1190. The van der Waals surface area contributed by atoms with Crippen LogP contribution in [0.15, 0.2) is 54.6 Å². The van der Waals surface area contributed by atoms with Crippen molar-refractivity contribution in [3.63, 3.8) is 0 Å². The molecule has 0 fully saturated rings. The lowest BCUT2D eigenvalue weighted by molar-refractivity contribution is 0.0636. The average molecular weight is 403 g/mol. The molecule has 4 rings (SSSR count). The maximum atomic E-state index is 12.6. The first-order valence-electron chi connectivity index (χ1n) is 9.64. The van der Waals surface area contributed by atoms with Crippen molar-refractivity contribution in [1.82, 2.24) is 4.90 Å². The lowest BCUT2D eigenvalue weighted by Crippen LogP contribution is -2.33. The molecule has 152 valence electrons. The quantitative estimate of drug-likeness (QED) is 0.561. The summed E-state index contributed by atoms with van der Waals surface area (Å²) in [5.74, 6) is -0.368. The molecule has 0 saturated carbocycles. The summed E-state index contributed by atoms with van der Waals surface area (Å²) >= 11 is 0. The van der Waals surface area contributed by atoms with Crippen molar-refractivity contribution in [2.75, 3.05) is 17.2 Å². The molecule has 0 radical (unpaired) electrons. The highest BCUT2D eigenvalue weighted by atomic mass is 16.3. The van der Waals surface area contributed by atoms with Crippen molar-refractivity contribution < 1.29 is 19.5 Å². The second-order valence-electron chi connectivity index (χ2n) is 7.63. The van der Waals surface area contributed by atoms with Gasteiger partial charge in [-0.25, -0.2) is 4.79 Å². The van der Waals surface area contributed by atoms with Crippen molar-refractivity contribution in [2.45, 2.75) is 13.8 Å². The van der Waals surface area contributed by atoms with Crippen LogP contribution >= 0.6 is 0 Å². The lowest BCUT2D eigenvalue weighted by Gasteiger charge is -2.15. The van der Waals surface area contributed by atoms with Crippen LogP contribution in [0.5, 0.6) is 5.75 Å². The molecule has 1 aliphatic heterocycles. The molecular weight excluding hydrogens is 382 g/mol. The van der Waals surface area contributed by atoms with Crippen molar-refractivity contribution in [2.24, 2.45) is 5.92 Å². The maximum Gasteiger partial charge on any atom is 0.323 e. The van der Waals surface area contributed by atoms with Gasteiger partial charge in [0.15, 0.2) is 0 Å². The summed E-state index contributed by atoms with van der Waals surface area (Å²) < 4.78 is 0. The molecular formula is C23H21N3O4. The minimum absolute atomic E-state index is 0.129. The fraction of sp³-hybridized carbons (Fsp3) is 0.174. The second kappa shape index (κ2) is 7.51. The van der Waals surface area contributed by atoms with Gasteiger partial charge < -0.3 is 15.7 Å². The third kappa shape index (κ3) is 3.45. The van der Waals surface area contributed by atoms with Crippen molar-refractivity contribution in [3.8, 4) is 5.75 Å². The molecule has 1 aliphatic rings. The molecule has 0 atom stereocenters. The third-order valence-corrected chi connectivity index (χ3v) is 4.92. The predicted octanol–water partition coefficient (Wildman–Crippen LogP) is 4.44. The molecule has 0 saturated heterocycles. The van der Waals surface area contributed by atoms with Gasteiger partial charge in [-0.05, 0) is 36.2 Å². The van der Waals surface area contributed by atoms with E-state index in [0.29, 0.717) is 34.3 Å². The van der Waals surface area contributed by atoms with E-state index < -0.39 is 6.03 Å². The smallest absolute Gasteiger partial charge is 0.323 e. The SMILES string of the molecule is CC(C)CN1C(=O)c2ccc(NC(=O)Nc3cccc4c(O)cccc34)cc2C1=O. The summed E-state index contributed by atoms with van der Waals surface area (Å²) in [7, 11) is 0. The van der Waals surface area contributed by atoms with Crippen LogP contribution in [-0.2, 0) is 0 Å². The zero-order valence-electron chi connectivity index (χ0n) is 16.6. The molecule has 30 heavy (non-hydrogen) atoms. The molecule has 7 nitrogen and oxygen atoms in total. The Morgan fingerprint density at radius 2 is 1.63 bits per heavy atom. The molecule has 0 aromatic heterocycles. The Labute approximate surface area is 173 Å². The molecule has 7 heteroatoms. The summed E-state index contributed by atoms with van der Waals surface area (Å²) in [6.45, 7) is 4.23. The number of phenolic OH excluding ortho intramolecular Hbond substituents is 1. The Balaban J connectivity index is 1.54. The number of rotatable bonds is 4. The predicted molar refractivity (Wildman–Crippen MR) is 115 cm³/mol. The van der Waals surface area contributed by atoms with Gasteiger partial charge in [0.1, 0.15) is 5.75 Å². The number of carbonyl (C=O) groups excluding carboxylic acids is 3. The number of benzene rings is 3. The topological polar surface area (TPSA) is 98.7 Å². The van der Waals surface area contributed by atoms with Crippen LogP contribution in [0, 0.1) is 5.92 Å². The molecule has 3 aromatic carbocycles. The Morgan fingerprint density at radius 3 is 2.40 bits per heavy atom. The van der Waals surface area contributed by atoms with E-state index in [2.05, 4.69) is 10.6 Å². The molecule has 3 aromatic rings. The number of imide groups is 1. The zero-order chi connectivity index (χ0) is 21.4. The summed E-state index contributed by atoms with van der Waals surface area (Å²) in [6, 6.07) is 14.5. The van der Waals surface area contributed by atoms with Crippen LogP contribution in [0.2, 0.25) is 0 Å².